The summed E-state index contributed by atoms with van der Waals surface area (Å²) in [6.07, 6.45) is 3.30. The predicted octanol–water partition coefficient (Wildman–Crippen LogP) is 1.11. The SMILES string of the molecule is CCOC(=O)C1CCCN1CC(=O)Nc1nccs1. The van der Waals surface area contributed by atoms with Crippen molar-refractivity contribution < 1.29 is 14.3 Å². The highest BCUT2D eigenvalue weighted by Crippen LogP contribution is 2.18. The highest BCUT2D eigenvalue weighted by molar-refractivity contribution is 7.13. The van der Waals surface area contributed by atoms with Crippen molar-refractivity contribution in [1.82, 2.24) is 9.88 Å². The van der Waals surface area contributed by atoms with E-state index in [0.717, 1.165) is 19.4 Å². The Morgan fingerprint density at radius 2 is 2.47 bits per heavy atom. The second-order valence-electron chi connectivity index (χ2n) is 4.27. The first kappa shape index (κ1) is 14.0. The lowest BCUT2D eigenvalue weighted by Crippen LogP contribution is -2.41. The Hall–Kier alpha value is -1.47. The summed E-state index contributed by atoms with van der Waals surface area (Å²) in [7, 11) is 0. The van der Waals surface area contributed by atoms with Gasteiger partial charge >= 0.3 is 5.97 Å². The molecule has 1 unspecified atom stereocenters. The highest BCUT2D eigenvalue weighted by Gasteiger charge is 2.32. The Labute approximate surface area is 115 Å². The molecule has 7 heteroatoms. The molecule has 1 amide bonds. The van der Waals surface area contributed by atoms with Crippen molar-refractivity contribution >= 4 is 28.3 Å². The summed E-state index contributed by atoms with van der Waals surface area (Å²) in [6.45, 7) is 3.10. The van der Waals surface area contributed by atoms with Crippen LogP contribution in [0.5, 0.6) is 0 Å². The van der Waals surface area contributed by atoms with Crippen LogP contribution in [0.2, 0.25) is 0 Å². The third-order valence-electron chi connectivity index (χ3n) is 2.95. The fourth-order valence-corrected chi connectivity index (χ4v) is 2.69. The summed E-state index contributed by atoms with van der Waals surface area (Å²) in [5.74, 6) is -0.381. The van der Waals surface area contributed by atoms with Gasteiger partial charge in [-0.2, -0.15) is 0 Å². The number of anilines is 1. The topological polar surface area (TPSA) is 71.5 Å². The lowest BCUT2D eigenvalue weighted by Gasteiger charge is -2.21. The molecule has 0 aliphatic carbocycles. The zero-order valence-corrected chi connectivity index (χ0v) is 11.6. The van der Waals surface area contributed by atoms with Crippen LogP contribution in [-0.2, 0) is 14.3 Å². The van der Waals surface area contributed by atoms with Crippen molar-refractivity contribution in [1.29, 1.82) is 0 Å². The molecule has 0 radical (unpaired) electrons. The lowest BCUT2D eigenvalue weighted by molar-refractivity contribution is -0.148. The summed E-state index contributed by atoms with van der Waals surface area (Å²) in [6, 6.07) is -0.290. The zero-order valence-electron chi connectivity index (χ0n) is 10.8. The van der Waals surface area contributed by atoms with Gasteiger partial charge in [0, 0.05) is 11.6 Å². The van der Waals surface area contributed by atoms with E-state index >= 15 is 0 Å². The van der Waals surface area contributed by atoms with E-state index in [1.165, 1.54) is 11.3 Å². The largest absolute Gasteiger partial charge is 0.465 e. The van der Waals surface area contributed by atoms with Crippen LogP contribution in [-0.4, -0.2) is 47.5 Å². The number of carbonyl (C=O) groups excluding carboxylic acids is 2. The van der Waals surface area contributed by atoms with Gasteiger partial charge in [0.2, 0.25) is 5.91 Å². The quantitative estimate of drug-likeness (QED) is 0.820. The molecule has 1 aliphatic rings. The molecule has 1 fully saturated rings. The Morgan fingerprint density at radius 1 is 1.63 bits per heavy atom. The molecule has 104 valence electrons. The number of likely N-dealkylation sites (tertiary alicyclic amines) is 1. The second kappa shape index (κ2) is 6.63. The average molecular weight is 283 g/mol. The van der Waals surface area contributed by atoms with Crippen LogP contribution in [0.15, 0.2) is 11.6 Å². The van der Waals surface area contributed by atoms with E-state index in [1.807, 2.05) is 4.90 Å². The number of amides is 1. The fourth-order valence-electron chi connectivity index (χ4n) is 2.15. The van der Waals surface area contributed by atoms with E-state index in [0.29, 0.717) is 11.7 Å². The number of rotatable bonds is 5. The molecule has 0 aromatic carbocycles. The summed E-state index contributed by atoms with van der Waals surface area (Å²) in [4.78, 5) is 29.5. The molecule has 1 saturated heterocycles. The normalized spacial score (nSPS) is 19.3. The molecule has 1 N–H and O–H groups in total. The van der Waals surface area contributed by atoms with Gasteiger partial charge in [-0.25, -0.2) is 4.98 Å². The molecule has 19 heavy (non-hydrogen) atoms. The number of ether oxygens (including phenoxy) is 1. The Kier molecular flexibility index (Phi) is 4.86. The molecule has 0 spiro atoms. The van der Waals surface area contributed by atoms with Gasteiger partial charge in [0.15, 0.2) is 5.13 Å². The molecular formula is C12H17N3O3S. The van der Waals surface area contributed by atoms with Crippen LogP contribution in [0, 0.1) is 0 Å². The van der Waals surface area contributed by atoms with Gasteiger partial charge in [-0.15, -0.1) is 11.3 Å². The monoisotopic (exact) mass is 283 g/mol. The van der Waals surface area contributed by atoms with Crippen molar-refractivity contribution in [2.45, 2.75) is 25.8 Å². The Bertz CT molecular complexity index is 435. The van der Waals surface area contributed by atoms with Crippen LogP contribution in [0.4, 0.5) is 5.13 Å². The van der Waals surface area contributed by atoms with Gasteiger partial charge in [-0.3, -0.25) is 14.5 Å². The van der Waals surface area contributed by atoms with Crippen LogP contribution >= 0.6 is 11.3 Å². The number of nitrogens with zero attached hydrogens (tertiary/aromatic N) is 2. The minimum absolute atomic E-state index is 0.147. The number of thiazole rings is 1. The molecule has 2 heterocycles. The van der Waals surface area contributed by atoms with Crippen molar-refractivity contribution in [3.63, 3.8) is 0 Å². The van der Waals surface area contributed by atoms with Gasteiger partial charge in [0.25, 0.3) is 0 Å². The molecule has 1 atom stereocenters. The number of nitrogens with one attached hydrogen (secondary N) is 1. The predicted molar refractivity (Wildman–Crippen MR) is 72.0 cm³/mol. The second-order valence-corrected chi connectivity index (χ2v) is 5.16. The fraction of sp³-hybridized carbons (Fsp3) is 0.583. The van der Waals surface area contributed by atoms with E-state index < -0.39 is 0 Å². The summed E-state index contributed by atoms with van der Waals surface area (Å²) < 4.78 is 5.02. The molecule has 2 rings (SSSR count). The average Bonchev–Trinajstić information content (AvgIpc) is 3.00. The van der Waals surface area contributed by atoms with E-state index in [2.05, 4.69) is 10.3 Å². The van der Waals surface area contributed by atoms with Gasteiger partial charge in [0.1, 0.15) is 6.04 Å². The van der Waals surface area contributed by atoms with Crippen LogP contribution in [0.25, 0.3) is 0 Å². The summed E-state index contributed by atoms with van der Waals surface area (Å²) in [5, 5.41) is 5.09. The maximum atomic E-state index is 11.9. The van der Waals surface area contributed by atoms with Crippen molar-refractivity contribution in [2.75, 3.05) is 25.0 Å². The Balaban J connectivity index is 1.87. The minimum atomic E-state index is -0.290. The third kappa shape index (κ3) is 3.74. The first-order valence-corrected chi connectivity index (χ1v) is 7.18. The van der Waals surface area contributed by atoms with E-state index in [4.69, 9.17) is 4.74 Å². The zero-order chi connectivity index (χ0) is 13.7. The summed E-state index contributed by atoms with van der Waals surface area (Å²) >= 11 is 1.37. The van der Waals surface area contributed by atoms with Crippen LogP contribution in [0.3, 0.4) is 0 Å². The maximum absolute atomic E-state index is 11.9. The minimum Gasteiger partial charge on any atom is -0.465 e. The molecule has 1 aromatic rings. The van der Waals surface area contributed by atoms with E-state index in [-0.39, 0.29) is 24.5 Å². The Morgan fingerprint density at radius 3 is 3.16 bits per heavy atom. The number of hydrogen-bond acceptors (Lipinski definition) is 6. The van der Waals surface area contributed by atoms with Crippen LogP contribution in [0.1, 0.15) is 19.8 Å². The van der Waals surface area contributed by atoms with Gasteiger partial charge < -0.3 is 10.1 Å². The number of aromatic nitrogens is 1. The third-order valence-corrected chi connectivity index (χ3v) is 3.64. The van der Waals surface area contributed by atoms with E-state index in [9.17, 15) is 9.59 Å². The van der Waals surface area contributed by atoms with Crippen LogP contribution < -0.4 is 5.32 Å². The first-order chi connectivity index (χ1) is 9.20. The molecule has 1 aromatic heterocycles. The van der Waals surface area contributed by atoms with Gasteiger partial charge in [-0.1, -0.05) is 0 Å². The number of hydrogen-bond donors (Lipinski definition) is 1. The molecule has 0 bridgehead atoms. The smallest absolute Gasteiger partial charge is 0.323 e. The lowest BCUT2D eigenvalue weighted by atomic mass is 10.2. The molecule has 0 saturated carbocycles. The number of esters is 1. The summed E-state index contributed by atoms with van der Waals surface area (Å²) in [5.41, 5.74) is 0. The molecular weight excluding hydrogens is 266 g/mol. The van der Waals surface area contributed by atoms with Crippen molar-refractivity contribution in [3.05, 3.63) is 11.6 Å². The maximum Gasteiger partial charge on any atom is 0.323 e. The van der Waals surface area contributed by atoms with Gasteiger partial charge in [-0.05, 0) is 26.3 Å². The highest BCUT2D eigenvalue weighted by atomic mass is 32.1. The van der Waals surface area contributed by atoms with E-state index in [1.54, 1.807) is 18.5 Å². The number of carbonyl (C=O) groups is 2. The van der Waals surface area contributed by atoms with Crippen molar-refractivity contribution in [2.24, 2.45) is 0 Å². The molecule has 6 nitrogen and oxygen atoms in total. The first-order valence-electron chi connectivity index (χ1n) is 6.30. The standard InChI is InChI=1S/C12H17N3O3S/c1-2-18-11(17)9-4-3-6-15(9)8-10(16)14-12-13-5-7-19-12/h5,7,9H,2-4,6,8H2,1H3,(H,13,14,16). The molecule has 1 aliphatic heterocycles. The van der Waals surface area contributed by atoms with Crippen molar-refractivity contribution in [3.8, 4) is 0 Å². The van der Waals surface area contributed by atoms with Gasteiger partial charge in [0.05, 0.1) is 13.2 Å².